The Kier molecular flexibility index (Phi) is 5.56. The molecule has 2 aromatic rings. The van der Waals surface area contributed by atoms with E-state index < -0.39 is 11.9 Å². The van der Waals surface area contributed by atoms with Crippen LogP contribution in [0.1, 0.15) is 35.3 Å². The van der Waals surface area contributed by atoms with Crippen molar-refractivity contribution in [2.24, 2.45) is 0 Å². The number of aromatic nitrogens is 1. The van der Waals surface area contributed by atoms with Gasteiger partial charge >= 0.3 is 6.18 Å². The number of alkyl halides is 3. The topological polar surface area (TPSA) is 51.2 Å². The van der Waals surface area contributed by atoms with Crippen LogP contribution in [0.5, 0.6) is 0 Å². The third kappa shape index (κ3) is 4.60. The Hall–Kier alpha value is -2.41. The number of ether oxygens (including phenoxy) is 1. The highest BCUT2D eigenvalue weighted by Crippen LogP contribution is 2.29. The van der Waals surface area contributed by atoms with Crippen LogP contribution >= 0.6 is 0 Å². The minimum atomic E-state index is -4.51. The number of carbonyl (C=O) groups is 1. The second-order valence-electron chi connectivity index (χ2n) is 6.19. The van der Waals surface area contributed by atoms with Crippen LogP contribution in [-0.2, 0) is 10.9 Å². The zero-order valence-electron chi connectivity index (χ0n) is 14.1. The van der Waals surface area contributed by atoms with Gasteiger partial charge in [0.25, 0.3) is 5.91 Å². The fourth-order valence-corrected chi connectivity index (χ4v) is 2.85. The van der Waals surface area contributed by atoms with E-state index in [1.807, 2.05) is 0 Å². The highest BCUT2D eigenvalue weighted by Gasteiger charge is 2.32. The smallest absolute Gasteiger partial charge is 0.376 e. The third-order valence-corrected chi connectivity index (χ3v) is 4.22. The second kappa shape index (κ2) is 7.86. The summed E-state index contributed by atoms with van der Waals surface area (Å²) in [5.74, 6) is -0.284. The lowest BCUT2D eigenvalue weighted by molar-refractivity contribution is -0.141. The largest absolute Gasteiger partial charge is 0.433 e. The normalized spacial score (nSPS) is 17.7. The van der Waals surface area contributed by atoms with Gasteiger partial charge < -0.3 is 10.1 Å². The molecule has 1 aliphatic rings. The molecule has 1 aromatic carbocycles. The van der Waals surface area contributed by atoms with Crippen LogP contribution in [0.2, 0.25) is 0 Å². The zero-order chi connectivity index (χ0) is 18.6. The van der Waals surface area contributed by atoms with Gasteiger partial charge in [0, 0.05) is 24.3 Å². The number of amides is 1. The van der Waals surface area contributed by atoms with Crippen molar-refractivity contribution in [1.82, 2.24) is 10.3 Å². The fourth-order valence-electron chi connectivity index (χ4n) is 2.85. The van der Waals surface area contributed by atoms with E-state index in [-0.39, 0.29) is 17.7 Å². The van der Waals surface area contributed by atoms with E-state index in [0.29, 0.717) is 24.3 Å². The standard InChI is InChI=1S/C19H19F3N2O2/c20-19(21,22)17-9-4-8-16(24-17)13-5-3-6-14(11-13)18(25)23-12-15-7-1-2-10-26-15/h3-6,8-9,11,15H,1-2,7,10,12H2,(H,23,25). The van der Waals surface area contributed by atoms with Crippen molar-refractivity contribution in [3.63, 3.8) is 0 Å². The number of rotatable bonds is 4. The van der Waals surface area contributed by atoms with Gasteiger partial charge in [-0.25, -0.2) is 4.98 Å². The van der Waals surface area contributed by atoms with Crippen LogP contribution in [0.3, 0.4) is 0 Å². The Labute approximate surface area is 149 Å². The first-order valence-corrected chi connectivity index (χ1v) is 8.48. The maximum Gasteiger partial charge on any atom is 0.433 e. The maximum atomic E-state index is 12.8. The minimum absolute atomic E-state index is 0.0148. The molecule has 1 atom stereocenters. The summed E-state index contributed by atoms with van der Waals surface area (Å²) in [6, 6.07) is 10.1. The molecule has 1 N–H and O–H groups in total. The quantitative estimate of drug-likeness (QED) is 0.890. The molecule has 1 unspecified atom stereocenters. The first-order valence-electron chi connectivity index (χ1n) is 8.48. The first-order chi connectivity index (χ1) is 12.4. The molecule has 7 heteroatoms. The molecule has 1 amide bonds. The van der Waals surface area contributed by atoms with Gasteiger partial charge in [-0.1, -0.05) is 18.2 Å². The monoisotopic (exact) mass is 364 g/mol. The van der Waals surface area contributed by atoms with Gasteiger partial charge in [-0.05, 0) is 43.5 Å². The highest BCUT2D eigenvalue weighted by molar-refractivity contribution is 5.95. The van der Waals surface area contributed by atoms with Crippen LogP contribution in [0.25, 0.3) is 11.3 Å². The number of halogens is 3. The molecule has 2 heterocycles. The molecule has 0 aliphatic carbocycles. The number of nitrogens with zero attached hydrogens (tertiary/aromatic N) is 1. The summed E-state index contributed by atoms with van der Waals surface area (Å²) in [4.78, 5) is 16.0. The number of hydrogen-bond donors (Lipinski definition) is 1. The molecule has 0 saturated carbocycles. The minimum Gasteiger partial charge on any atom is -0.376 e. The summed E-state index contributed by atoms with van der Waals surface area (Å²) < 4.78 is 44.1. The van der Waals surface area contributed by atoms with Crippen molar-refractivity contribution in [1.29, 1.82) is 0 Å². The number of pyridine rings is 1. The van der Waals surface area contributed by atoms with E-state index >= 15 is 0 Å². The molecule has 1 aromatic heterocycles. The molecular formula is C19H19F3N2O2. The van der Waals surface area contributed by atoms with E-state index in [2.05, 4.69) is 10.3 Å². The van der Waals surface area contributed by atoms with Gasteiger partial charge in [0.05, 0.1) is 11.8 Å². The Bertz CT molecular complexity index is 771. The predicted molar refractivity (Wildman–Crippen MR) is 90.6 cm³/mol. The average Bonchev–Trinajstić information content (AvgIpc) is 2.66. The Balaban J connectivity index is 1.72. The Morgan fingerprint density at radius 2 is 2.00 bits per heavy atom. The van der Waals surface area contributed by atoms with Crippen molar-refractivity contribution < 1.29 is 22.7 Å². The Morgan fingerprint density at radius 3 is 2.73 bits per heavy atom. The molecule has 3 rings (SSSR count). The number of benzene rings is 1. The first kappa shape index (κ1) is 18.4. The average molecular weight is 364 g/mol. The summed E-state index contributed by atoms with van der Waals surface area (Å²) in [7, 11) is 0. The molecule has 138 valence electrons. The molecular weight excluding hydrogens is 345 g/mol. The van der Waals surface area contributed by atoms with Crippen molar-refractivity contribution >= 4 is 5.91 Å². The highest BCUT2D eigenvalue weighted by atomic mass is 19.4. The van der Waals surface area contributed by atoms with Crippen molar-refractivity contribution in [2.75, 3.05) is 13.2 Å². The molecule has 0 spiro atoms. The second-order valence-corrected chi connectivity index (χ2v) is 6.19. The van der Waals surface area contributed by atoms with Crippen LogP contribution in [-0.4, -0.2) is 30.1 Å². The predicted octanol–water partition coefficient (Wildman–Crippen LogP) is 4.07. The molecule has 1 fully saturated rings. The molecule has 4 nitrogen and oxygen atoms in total. The molecule has 0 bridgehead atoms. The van der Waals surface area contributed by atoms with Gasteiger partial charge in [0.1, 0.15) is 5.69 Å². The lowest BCUT2D eigenvalue weighted by Gasteiger charge is -2.22. The Morgan fingerprint density at radius 1 is 1.19 bits per heavy atom. The van der Waals surface area contributed by atoms with Crippen LogP contribution < -0.4 is 5.32 Å². The fraction of sp³-hybridized carbons (Fsp3) is 0.368. The zero-order valence-corrected chi connectivity index (χ0v) is 14.1. The number of hydrogen-bond acceptors (Lipinski definition) is 3. The van der Waals surface area contributed by atoms with E-state index in [9.17, 15) is 18.0 Å². The van der Waals surface area contributed by atoms with Crippen molar-refractivity contribution in [3.05, 3.63) is 53.7 Å². The van der Waals surface area contributed by atoms with Crippen molar-refractivity contribution in [2.45, 2.75) is 31.5 Å². The van der Waals surface area contributed by atoms with E-state index in [1.54, 1.807) is 24.3 Å². The lowest BCUT2D eigenvalue weighted by atomic mass is 10.1. The van der Waals surface area contributed by atoms with Crippen LogP contribution in [0, 0.1) is 0 Å². The summed E-state index contributed by atoms with van der Waals surface area (Å²) in [6.45, 7) is 1.13. The van der Waals surface area contributed by atoms with Gasteiger partial charge in [-0.2, -0.15) is 13.2 Å². The molecule has 0 radical (unpaired) electrons. The summed E-state index contributed by atoms with van der Waals surface area (Å²) in [5, 5.41) is 2.82. The third-order valence-electron chi connectivity index (χ3n) is 4.22. The lowest BCUT2D eigenvalue weighted by Crippen LogP contribution is -2.35. The van der Waals surface area contributed by atoms with Gasteiger partial charge in [0.2, 0.25) is 0 Å². The summed E-state index contributed by atoms with van der Waals surface area (Å²) in [6.07, 6.45) is -1.46. The summed E-state index contributed by atoms with van der Waals surface area (Å²) in [5.41, 5.74) is 0.0413. The number of nitrogens with one attached hydrogen (secondary N) is 1. The molecule has 1 aliphatic heterocycles. The number of carbonyl (C=O) groups excluding carboxylic acids is 1. The van der Waals surface area contributed by atoms with E-state index in [1.165, 1.54) is 12.1 Å². The molecule has 26 heavy (non-hydrogen) atoms. The van der Waals surface area contributed by atoms with Gasteiger partial charge in [-0.3, -0.25) is 4.79 Å². The van der Waals surface area contributed by atoms with Gasteiger partial charge in [-0.15, -0.1) is 0 Å². The SMILES string of the molecule is O=C(NCC1CCCCO1)c1cccc(-c2cccc(C(F)(F)F)n2)c1. The van der Waals surface area contributed by atoms with E-state index in [4.69, 9.17) is 4.74 Å². The summed E-state index contributed by atoms with van der Waals surface area (Å²) >= 11 is 0. The van der Waals surface area contributed by atoms with Crippen molar-refractivity contribution in [3.8, 4) is 11.3 Å². The van der Waals surface area contributed by atoms with Crippen LogP contribution in [0.4, 0.5) is 13.2 Å². The maximum absolute atomic E-state index is 12.8. The van der Waals surface area contributed by atoms with E-state index in [0.717, 1.165) is 25.3 Å². The molecule has 1 saturated heterocycles. The van der Waals surface area contributed by atoms with Gasteiger partial charge in [0.15, 0.2) is 0 Å². The van der Waals surface area contributed by atoms with Crippen LogP contribution in [0.15, 0.2) is 42.5 Å².